The van der Waals surface area contributed by atoms with Crippen molar-refractivity contribution in [1.82, 2.24) is 4.57 Å². The Bertz CT molecular complexity index is 4200. The van der Waals surface area contributed by atoms with Crippen LogP contribution in [0.25, 0.3) is 109 Å². The summed E-state index contributed by atoms with van der Waals surface area (Å²) < 4.78 is 15.7. The predicted octanol–water partition coefficient (Wildman–Crippen LogP) is 16.4. The van der Waals surface area contributed by atoms with E-state index in [1.807, 2.05) is 24.3 Å². The Balaban J connectivity index is 1.12. The fraction of sp³-hybridized carbons (Fsp3) is 0.0492. The molecular formula is C61H39N3O2. The number of benzene rings is 10. The molecule has 0 spiro atoms. The molecule has 0 fully saturated rings. The molecule has 14 rings (SSSR count). The normalized spacial score (nSPS) is 17.2. The van der Waals surface area contributed by atoms with E-state index >= 15 is 0 Å². The molecular weight excluding hydrogens is 807 g/mol. The van der Waals surface area contributed by atoms with Crippen LogP contribution < -0.4 is 0 Å². The van der Waals surface area contributed by atoms with Crippen LogP contribution in [-0.2, 0) is 0 Å². The van der Waals surface area contributed by atoms with Gasteiger partial charge < -0.3 is 13.4 Å². The molecule has 5 heteroatoms. The van der Waals surface area contributed by atoms with Gasteiger partial charge >= 0.3 is 0 Å². The van der Waals surface area contributed by atoms with Gasteiger partial charge in [0.1, 0.15) is 22.3 Å². The SMILES string of the molecule is CC1C/C=C(c2ccc3ccccc3c2)/N=C(c2cccc3oc4ccccc4c23)\N=C/1c1c(-n2c3cc4ccccc4cc3c3cc4ccccc4cc32)ccc2oc3ccccc3c12. The van der Waals surface area contributed by atoms with Crippen molar-refractivity contribution < 1.29 is 8.83 Å². The average Bonchev–Trinajstić information content (AvgIpc) is 4.03. The average molecular weight is 846 g/mol. The summed E-state index contributed by atoms with van der Waals surface area (Å²) in [6.07, 6.45) is 3.02. The topological polar surface area (TPSA) is 55.9 Å². The Kier molecular flexibility index (Phi) is 7.96. The van der Waals surface area contributed by atoms with E-state index in [0.717, 1.165) is 88.7 Å². The van der Waals surface area contributed by atoms with Gasteiger partial charge in [-0.25, -0.2) is 9.98 Å². The van der Waals surface area contributed by atoms with E-state index < -0.39 is 0 Å². The van der Waals surface area contributed by atoms with Crippen LogP contribution in [0.4, 0.5) is 0 Å². The number of para-hydroxylation sites is 2. The van der Waals surface area contributed by atoms with Crippen LogP contribution >= 0.6 is 0 Å². The molecule has 0 saturated heterocycles. The predicted molar refractivity (Wildman–Crippen MR) is 276 cm³/mol. The summed E-state index contributed by atoms with van der Waals surface area (Å²) in [5, 5.41) is 13.7. The molecule has 10 aromatic carbocycles. The highest BCUT2D eigenvalue weighted by Gasteiger charge is 2.28. The summed E-state index contributed by atoms with van der Waals surface area (Å²) in [4.78, 5) is 11.6. The number of hydrogen-bond donors (Lipinski definition) is 0. The van der Waals surface area contributed by atoms with Crippen molar-refractivity contribution in [2.75, 3.05) is 0 Å². The number of rotatable bonds is 4. The van der Waals surface area contributed by atoms with Crippen molar-refractivity contribution in [3.05, 3.63) is 217 Å². The first-order chi connectivity index (χ1) is 32.6. The molecule has 3 aromatic heterocycles. The highest BCUT2D eigenvalue weighted by atomic mass is 16.3. The van der Waals surface area contributed by atoms with Crippen molar-refractivity contribution in [2.45, 2.75) is 13.3 Å². The van der Waals surface area contributed by atoms with Crippen LogP contribution in [0.15, 0.2) is 219 Å². The number of aromatic nitrogens is 1. The minimum absolute atomic E-state index is 0.0426. The summed E-state index contributed by atoms with van der Waals surface area (Å²) in [5.41, 5.74) is 11.4. The van der Waals surface area contributed by atoms with Crippen molar-refractivity contribution in [1.29, 1.82) is 0 Å². The highest BCUT2D eigenvalue weighted by Crippen LogP contribution is 2.43. The molecule has 0 saturated carbocycles. The number of amidine groups is 1. The van der Waals surface area contributed by atoms with E-state index in [-0.39, 0.29) is 5.92 Å². The van der Waals surface area contributed by atoms with Crippen LogP contribution in [0.2, 0.25) is 0 Å². The van der Waals surface area contributed by atoms with E-state index in [1.165, 1.54) is 43.1 Å². The van der Waals surface area contributed by atoms with Gasteiger partial charge in [0.25, 0.3) is 0 Å². The Morgan fingerprint density at radius 1 is 0.455 bits per heavy atom. The quantitative estimate of drug-likeness (QED) is 0.177. The lowest BCUT2D eigenvalue weighted by atomic mass is 9.89. The molecule has 0 amide bonds. The van der Waals surface area contributed by atoms with E-state index in [9.17, 15) is 0 Å². The van der Waals surface area contributed by atoms with Gasteiger partial charge in [-0.2, -0.15) is 0 Å². The van der Waals surface area contributed by atoms with Crippen molar-refractivity contribution in [3.63, 3.8) is 0 Å². The first-order valence-electron chi connectivity index (χ1n) is 22.7. The van der Waals surface area contributed by atoms with E-state index in [0.29, 0.717) is 12.3 Å². The summed E-state index contributed by atoms with van der Waals surface area (Å²) in [7, 11) is 0. The van der Waals surface area contributed by atoms with Gasteiger partial charge in [0.05, 0.1) is 28.1 Å². The molecule has 0 bridgehead atoms. The fourth-order valence-electron chi connectivity index (χ4n) is 10.6. The maximum atomic E-state index is 6.74. The molecule has 4 heterocycles. The molecule has 310 valence electrons. The Hall–Kier alpha value is -8.54. The minimum Gasteiger partial charge on any atom is -0.456 e. The van der Waals surface area contributed by atoms with Crippen molar-refractivity contribution >= 4 is 115 Å². The Labute approximate surface area is 378 Å². The number of fused-ring (bicyclic) bond motifs is 12. The Morgan fingerprint density at radius 2 is 1.00 bits per heavy atom. The van der Waals surface area contributed by atoms with Gasteiger partial charge in [-0.05, 0) is 99.4 Å². The zero-order valence-electron chi connectivity index (χ0n) is 36.0. The second-order valence-electron chi connectivity index (χ2n) is 17.7. The van der Waals surface area contributed by atoms with Crippen LogP contribution in [0, 0.1) is 5.92 Å². The minimum atomic E-state index is -0.0426. The molecule has 13 aromatic rings. The maximum Gasteiger partial charge on any atom is 0.160 e. The summed E-state index contributed by atoms with van der Waals surface area (Å²) in [6.45, 7) is 2.31. The van der Waals surface area contributed by atoms with Gasteiger partial charge in [0, 0.05) is 54.9 Å². The lowest BCUT2D eigenvalue weighted by Gasteiger charge is -2.22. The molecule has 1 unspecified atom stereocenters. The number of allylic oxidation sites excluding steroid dienone is 1. The molecule has 5 nitrogen and oxygen atoms in total. The molecule has 1 atom stereocenters. The van der Waals surface area contributed by atoms with E-state index in [1.54, 1.807) is 0 Å². The maximum absolute atomic E-state index is 6.74. The van der Waals surface area contributed by atoms with Crippen LogP contribution in [0.3, 0.4) is 0 Å². The van der Waals surface area contributed by atoms with Crippen LogP contribution in [0.1, 0.15) is 30.0 Å². The molecule has 0 N–H and O–H groups in total. The molecule has 1 aliphatic rings. The molecule has 1 aliphatic heterocycles. The largest absolute Gasteiger partial charge is 0.456 e. The monoisotopic (exact) mass is 845 g/mol. The van der Waals surface area contributed by atoms with Crippen molar-refractivity contribution in [3.8, 4) is 5.69 Å². The van der Waals surface area contributed by atoms with Crippen LogP contribution in [-0.4, -0.2) is 16.1 Å². The number of nitrogens with zero attached hydrogens (tertiary/aromatic N) is 3. The summed E-state index contributed by atoms with van der Waals surface area (Å²) in [5.74, 6) is 0.585. The van der Waals surface area contributed by atoms with Gasteiger partial charge in [0.15, 0.2) is 5.84 Å². The third-order valence-electron chi connectivity index (χ3n) is 13.8. The molecule has 0 aliphatic carbocycles. The standard InChI is InChI=1S/C61H39N3O2/c1-36-25-28-49(43-27-26-37-13-2-3-14-38(37)31-43)62-61(46-21-12-24-55-57(46)44-19-8-10-22-53(44)65-55)63-60(36)59-50(29-30-56-58(59)45-20-9-11-23-54(45)66-56)64-51-34-41-17-6-4-15-39(41)32-47(51)48-33-40-16-5-7-18-42(40)35-52(48)64/h2-24,26-36H,25H2,1H3/b49-28+,62-61-,63-60+. The smallest absolute Gasteiger partial charge is 0.160 e. The molecule has 0 radical (unpaired) electrons. The zero-order valence-corrected chi connectivity index (χ0v) is 36.0. The van der Waals surface area contributed by atoms with Gasteiger partial charge in [0.2, 0.25) is 0 Å². The third-order valence-corrected chi connectivity index (χ3v) is 13.8. The van der Waals surface area contributed by atoms with Gasteiger partial charge in [-0.3, -0.25) is 0 Å². The lowest BCUT2D eigenvalue weighted by molar-refractivity contribution is 0.668. The lowest BCUT2D eigenvalue weighted by Crippen LogP contribution is -2.19. The highest BCUT2D eigenvalue weighted by molar-refractivity contribution is 6.28. The second kappa shape index (κ2) is 14.2. The van der Waals surface area contributed by atoms with Gasteiger partial charge in [-0.15, -0.1) is 0 Å². The first kappa shape index (κ1) is 36.9. The van der Waals surface area contributed by atoms with Gasteiger partial charge in [-0.1, -0.05) is 146 Å². The number of hydrogen-bond acceptors (Lipinski definition) is 4. The fourth-order valence-corrected chi connectivity index (χ4v) is 10.6. The van der Waals surface area contributed by atoms with E-state index in [4.69, 9.17) is 18.8 Å². The number of aliphatic imine (C=N–C) groups is 2. The summed E-state index contributed by atoms with van der Waals surface area (Å²) in [6, 6.07) is 69.2. The van der Waals surface area contributed by atoms with E-state index in [2.05, 4.69) is 187 Å². The van der Waals surface area contributed by atoms with Crippen LogP contribution in [0.5, 0.6) is 0 Å². The second-order valence-corrected chi connectivity index (χ2v) is 17.7. The third kappa shape index (κ3) is 5.60. The number of furan rings is 2. The first-order valence-corrected chi connectivity index (χ1v) is 22.7. The Morgan fingerprint density at radius 3 is 1.67 bits per heavy atom. The zero-order chi connectivity index (χ0) is 43.5. The summed E-state index contributed by atoms with van der Waals surface area (Å²) >= 11 is 0. The molecule has 66 heavy (non-hydrogen) atoms. The van der Waals surface area contributed by atoms with Crippen molar-refractivity contribution in [2.24, 2.45) is 15.9 Å².